The van der Waals surface area contributed by atoms with E-state index in [1.165, 1.54) is 12.8 Å². The summed E-state index contributed by atoms with van der Waals surface area (Å²) in [4.78, 5) is 14.9. The Bertz CT molecular complexity index is 779. The molecule has 2 bridgehead atoms. The highest BCUT2D eigenvalue weighted by molar-refractivity contribution is 5.95. The zero-order valence-corrected chi connectivity index (χ0v) is 15.3. The fraction of sp³-hybridized carbons (Fsp3) is 0.450. The molecule has 26 heavy (non-hydrogen) atoms. The highest BCUT2D eigenvalue weighted by Crippen LogP contribution is 2.30. The number of piperidine rings is 1. The van der Waals surface area contributed by atoms with Gasteiger partial charge in [0, 0.05) is 36.4 Å². The number of hydrogen-bond acceptors (Lipinski definition) is 5. The molecular weight excluding hydrogens is 326 g/mol. The van der Waals surface area contributed by atoms with E-state index in [2.05, 4.69) is 20.8 Å². The molecule has 2 unspecified atom stereocenters. The molecule has 4 rings (SSSR count). The summed E-state index contributed by atoms with van der Waals surface area (Å²) in [5.41, 5.74) is 2.41. The first kappa shape index (κ1) is 17.0. The number of rotatable bonds is 4. The van der Waals surface area contributed by atoms with Gasteiger partial charge in [0.1, 0.15) is 0 Å². The van der Waals surface area contributed by atoms with Crippen LogP contribution in [0.4, 0.5) is 11.5 Å². The molecule has 2 fully saturated rings. The number of aromatic nitrogens is 2. The maximum absolute atomic E-state index is 13.0. The fourth-order valence-corrected chi connectivity index (χ4v) is 4.06. The normalized spacial score (nSPS) is 24.3. The van der Waals surface area contributed by atoms with Crippen LogP contribution < -0.4 is 10.6 Å². The lowest BCUT2D eigenvalue weighted by Crippen LogP contribution is -2.48. The Kier molecular flexibility index (Phi) is 4.59. The molecule has 3 heterocycles. The van der Waals surface area contributed by atoms with E-state index in [1.54, 1.807) is 0 Å². The summed E-state index contributed by atoms with van der Waals surface area (Å²) in [7, 11) is 1.93. The Morgan fingerprint density at radius 1 is 1.15 bits per heavy atom. The van der Waals surface area contributed by atoms with Crippen molar-refractivity contribution in [2.45, 2.75) is 50.7 Å². The van der Waals surface area contributed by atoms with Crippen LogP contribution in [0.1, 0.15) is 41.7 Å². The molecule has 0 aliphatic carbocycles. The molecule has 2 aliphatic rings. The van der Waals surface area contributed by atoms with Crippen molar-refractivity contribution >= 4 is 17.4 Å². The van der Waals surface area contributed by atoms with E-state index >= 15 is 0 Å². The lowest BCUT2D eigenvalue weighted by Gasteiger charge is -2.35. The van der Waals surface area contributed by atoms with Crippen LogP contribution in [0, 0.1) is 6.92 Å². The van der Waals surface area contributed by atoms with Crippen molar-refractivity contribution in [1.82, 2.24) is 20.4 Å². The third-order valence-corrected chi connectivity index (χ3v) is 5.50. The smallest absolute Gasteiger partial charge is 0.253 e. The molecule has 1 amide bonds. The second-order valence-corrected chi connectivity index (χ2v) is 7.44. The van der Waals surface area contributed by atoms with Crippen molar-refractivity contribution in [1.29, 1.82) is 0 Å². The molecule has 6 heteroatoms. The molecule has 2 N–H and O–H groups in total. The number of nitrogens with one attached hydrogen (secondary N) is 2. The number of carbonyl (C=O) groups excluding carboxylic acids is 1. The standard InChI is InChI=1S/C20H25N5O/c1-13-6-9-19(24-23-13)22-15-5-3-4-14(10-15)20(26)25(2)18-11-16-7-8-17(12-18)21-16/h3-6,9-10,16-18,21H,7-8,11-12H2,1-2H3,(H,22,24). The van der Waals surface area contributed by atoms with Crippen molar-refractivity contribution in [3.8, 4) is 0 Å². The first-order valence-corrected chi connectivity index (χ1v) is 9.29. The summed E-state index contributed by atoms with van der Waals surface area (Å²) in [5.74, 6) is 0.749. The minimum Gasteiger partial charge on any atom is -0.339 e. The molecule has 0 spiro atoms. The van der Waals surface area contributed by atoms with E-state index in [1.807, 2.05) is 55.3 Å². The van der Waals surface area contributed by atoms with Gasteiger partial charge in [-0.15, -0.1) is 5.10 Å². The Morgan fingerprint density at radius 2 is 1.92 bits per heavy atom. The third kappa shape index (κ3) is 3.55. The molecule has 2 aliphatic heterocycles. The zero-order valence-electron chi connectivity index (χ0n) is 15.3. The average molecular weight is 351 g/mol. The minimum atomic E-state index is 0.0786. The van der Waals surface area contributed by atoms with E-state index in [0.717, 1.165) is 24.2 Å². The Labute approximate surface area is 154 Å². The minimum absolute atomic E-state index is 0.0786. The molecule has 2 saturated heterocycles. The summed E-state index contributed by atoms with van der Waals surface area (Å²) in [6.45, 7) is 1.90. The molecule has 1 aromatic carbocycles. The van der Waals surface area contributed by atoms with E-state index in [0.29, 0.717) is 29.5 Å². The highest BCUT2D eigenvalue weighted by Gasteiger charge is 2.36. The summed E-state index contributed by atoms with van der Waals surface area (Å²) in [5, 5.41) is 15.0. The van der Waals surface area contributed by atoms with Gasteiger partial charge in [0.05, 0.1) is 5.69 Å². The molecule has 0 saturated carbocycles. The zero-order chi connectivity index (χ0) is 18.1. The number of aryl methyl sites for hydroxylation is 1. The summed E-state index contributed by atoms with van der Waals surface area (Å²) >= 11 is 0. The van der Waals surface area contributed by atoms with Gasteiger partial charge in [0.2, 0.25) is 0 Å². The van der Waals surface area contributed by atoms with Gasteiger partial charge in [-0.05, 0) is 62.9 Å². The molecule has 2 aromatic rings. The van der Waals surface area contributed by atoms with Crippen LogP contribution in [0.2, 0.25) is 0 Å². The third-order valence-electron chi connectivity index (χ3n) is 5.50. The topological polar surface area (TPSA) is 70.2 Å². The summed E-state index contributed by atoms with van der Waals surface area (Å²) < 4.78 is 0. The van der Waals surface area contributed by atoms with Gasteiger partial charge in [-0.25, -0.2) is 0 Å². The number of amides is 1. The lowest BCUT2D eigenvalue weighted by atomic mass is 9.98. The van der Waals surface area contributed by atoms with Gasteiger partial charge in [-0.2, -0.15) is 5.10 Å². The maximum Gasteiger partial charge on any atom is 0.253 e. The summed E-state index contributed by atoms with van der Waals surface area (Å²) in [6, 6.07) is 12.8. The van der Waals surface area contributed by atoms with Crippen LogP contribution in [-0.2, 0) is 0 Å². The Balaban J connectivity index is 1.46. The van der Waals surface area contributed by atoms with Gasteiger partial charge in [-0.1, -0.05) is 6.07 Å². The van der Waals surface area contributed by atoms with Crippen LogP contribution in [0.25, 0.3) is 0 Å². The van der Waals surface area contributed by atoms with Gasteiger partial charge >= 0.3 is 0 Å². The van der Waals surface area contributed by atoms with Crippen LogP contribution >= 0.6 is 0 Å². The number of fused-ring (bicyclic) bond motifs is 2. The number of hydrogen-bond donors (Lipinski definition) is 2. The molecule has 1 aromatic heterocycles. The van der Waals surface area contributed by atoms with Gasteiger partial charge in [0.25, 0.3) is 5.91 Å². The summed E-state index contributed by atoms with van der Waals surface area (Å²) in [6.07, 6.45) is 4.58. The van der Waals surface area contributed by atoms with Crippen LogP contribution in [0.3, 0.4) is 0 Å². The maximum atomic E-state index is 13.0. The number of anilines is 2. The van der Waals surface area contributed by atoms with Gasteiger partial charge in [-0.3, -0.25) is 4.79 Å². The van der Waals surface area contributed by atoms with Crippen LogP contribution in [-0.4, -0.2) is 46.2 Å². The van der Waals surface area contributed by atoms with E-state index in [9.17, 15) is 4.79 Å². The predicted molar refractivity (Wildman–Crippen MR) is 102 cm³/mol. The van der Waals surface area contributed by atoms with Crippen LogP contribution in [0.15, 0.2) is 36.4 Å². The van der Waals surface area contributed by atoms with E-state index in [4.69, 9.17) is 0 Å². The Hall–Kier alpha value is -2.47. The van der Waals surface area contributed by atoms with Crippen LogP contribution in [0.5, 0.6) is 0 Å². The number of carbonyl (C=O) groups is 1. The number of benzene rings is 1. The molecule has 136 valence electrons. The molecule has 0 radical (unpaired) electrons. The monoisotopic (exact) mass is 351 g/mol. The second kappa shape index (κ2) is 7.03. The molecular formula is C20H25N5O. The Morgan fingerprint density at radius 3 is 2.62 bits per heavy atom. The second-order valence-electron chi connectivity index (χ2n) is 7.44. The first-order valence-electron chi connectivity index (χ1n) is 9.29. The van der Waals surface area contributed by atoms with Crippen molar-refractivity contribution in [2.24, 2.45) is 0 Å². The van der Waals surface area contributed by atoms with Gasteiger partial charge in [0.15, 0.2) is 5.82 Å². The van der Waals surface area contributed by atoms with Crippen molar-refractivity contribution in [3.63, 3.8) is 0 Å². The van der Waals surface area contributed by atoms with E-state index in [-0.39, 0.29) is 5.91 Å². The quantitative estimate of drug-likeness (QED) is 0.886. The SMILES string of the molecule is Cc1ccc(Nc2cccc(C(=O)N(C)C3CC4CCC(C3)N4)c2)nn1. The van der Waals surface area contributed by atoms with E-state index < -0.39 is 0 Å². The van der Waals surface area contributed by atoms with Crippen molar-refractivity contribution in [2.75, 3.05) is 12.4 Å². The average Bonchev–Trinajstić information content (AvgIpc) is 3.00. The lowest BCUT2D eigenvalue weighted by molar-refractivity contribution is 0.0682. The predicted octanol–water partition coefficient (Wildman–Crippen LogP) is 2.88. The number of nitrogens with zero attached hydrogens (tertiary/aromatic N) is 3. The fourth-order valence-electron chi connectivity index (χ4n) is 4.06. The highest BCUT2D eigenvalue weighted by atomic mass is 16.2. The first-order chi connectivity index (χ1) is 12.6. The van der Waals surface area contributed by atoms with Crippen molar-refractivity contribution < 1.29 is 4.79 Å². The largest absolute Gasteiger partial charge is 0.339 e. The molecule has 6 nitrogen and oxygen atoms in total. The van der Waals surface area contributed by atoms with Crippen molar-refractivity contribution in [3.05, 3.63) is 47.7 Å². The van der Waals surface area contributed by atoms with Gasteiger partial charge < -0.3 is 15.5 Å². The molecule has 2 atom stereocenters.